The topological polar surface area (TPSA) is 90.3 Å². The monoisotopic (exact) mass is 379 g/mol. The normalized spacial score (nSPS) is 12.2. The highest BCUT2D eigenvalue weighted by molar-refractivity contribution is 7.89. The molecule has 0 fully saturated rings. The molecule has 26 heavy (non-hydrogen) atoms. The third kappa shape index (κ3) is 5.15. The minimum atomic E-state index is -3.89. The lowest BCUT2D eigenvalue weighted by atomic mass is 9.92. The Morgan fingerprint density at radius 1 is 1.23 bits per heavy atom. The summed E-state index contributed by atoms with van der Waals surface area (Å²) in [5, 5.41) is 4.49. The highest BCUT2D eigenvalue weighted by Crippen LogP contribution is 2.27. The Kier molecular flexibility index (Phi) is 6.20. The van der Waals surface area contributed by atoms with Crippen molar-refractivity contribution in [3.05, 3.63) is 47.8 Å². The van der Waals surface area contributed by atoms with Gasteiger partial charge in [-0.25, -0.2) is 8.42 Å². The maximum atomic E-state index is 12.7. The molecule has 1 N–H and O–H groups in total. The van der Waals surface area contributed by atoms with E-state index in [0.717, 1.165) is 5.56 Å². The van der Waals surface area contributed by atoms with Crippen LogP contribution in [0.4, 0.5) is 0 Å². The van der Waals surface area contributed by atoms with Gasteiger partial charge in [-0.1, -0.05) is 51.1 Å². The molecule has 0 spiro atoms. The van der Waals surface area contributed by atoms with E-state index in [4.69, 9.17) is 4.74 Å². The maximum Gasteiger partial charge on any atom is 0.321 e. The molecule has 0 saturated heterocycles. The summed E-state index contributed by atoms with van der Waals surface area (Å²) >= 11 is 0. The van der Waals surface area contributed by atoms with Crippen LogP contribution < -0.4 is 4.72 Å². The van der Waals surface area contributed by atoms with Crippen molar-refractivity contribution in [3.63, 3.8) is 0 Å². The smallest absolute Gasteiger partial charge is 0.321 e. The van der Waals surface area contributed by atoms with E-state index in [2.05, 4.69) is 9.82 Å². The van der Waals surface area contributed by atoms with Gasteiger partial charge in [0.25, 0.3) is 0 Å². The van der Waals surface area contributed by atoms with Crippen molar-refractivity contribution in [1.82, 2.24) is 14.5 Å². The number of aromatic nitrogens is 2. The van der Waals surface area contributed by atoms with Crippen molar-refractivity contribution in [2.75, 3.05) is 13.2 Å². The molecular weight excluding hydrogens is 354 g/mol. The van der Waals surface area contributed by atoms with Gasteiger partial charge in [0.05, 0.1) is 18.8 Å². The molecular formula is C18H25N3O4S. The van der Waals surface area contributed by atoms with Gasteiger partial charge in [-0.15, -0.1) is 0 Å². The molecule has 0 aliphatic carbocycles. The molecule has 1 heterocycles. The van der Waals surface area contributed by atoms with Crippen molar-refractivity contribution in [2.45, 2.75) is 44.6 Å². The number of sulfonamides is 1. The molecule has 1 aromatic carbocycles. The first-order chi connectivity index (χ1) is 12.1. The number of hydrogen-bond acceptors (Lipinski definition) is 5. The van der Waals surface area contributed by atoms with Crippen LogP contribution in [0, 0.1) is 0 Å². The molecule has 1 aromatic heterocycles. The average Bonchev–Trinajstić information content (AvgIpc) is 2.99. The summed E-state index contributed by atoms with van der Waals surface area (Å²) < 4.78 is 34.1. The zero-order valence-corrected chi connectivity index (χ0v) is 16.3. The number of hydrogen-bond donors (Lipinski definition) is 1. The highest BCUT2D eigenvalue weighted by Gasteiger charge is 2.30. The highest BCUT2D eigenvalue weighted by atomic mass is 32.2. The summed E-state index contributed by atoms with van der Waals surface area (Å²) in [6, 6.07) is 9.66. The van der Waals surface area contributed by atoms with Crippen molar-refractivity contribution < 1.29 is 17.9 Å². The van der Waals surface area contributed by atoms with Crippen molar-refractivity contribution >= 4 is 16.0 Å². The molecule has 0 amide bonds. The third-order valence-corrected chi connectivity index (χ3v) is 5.03. The third-order valence-electron chi connectivity index (χ3n) is 3.63. The molecule has 8 heteroatoms. The zero-order valence-electron chi connectivity index (χ0n) is 15.5. The summed E-state index contributed by atoms with van der Waals surface area (Å²) in [5.74, 6) is -0.620. The Balaban J connectivity index is 2.32. The van der Waals surface area contributed by atoms with E-state index in [1.807, 2.05) is 51.1 Å². The summed E-state index contributed by atoms with van der Waals surface area (Å²) in [5.41, 5.74) is 0.985. The van der Waals surface area contributed by atoms with E-state index in [1.54, 1.807) is 11.6 Å². The zero-order chi connectivity index (χ0) is 19.4. The predicted octanol–water partition coefficient (Wildman–Crippen LogP) is 2.07. The molecule has 0 atom stereocenters. The van der Waals surface area contributed by atoms with Gasteiger partial charge in [-0.3, -0.25) is 9.48 Å². The Morgan fingerprint density at radius 2 is 1.88 bits per heavy atom. The number of carbonyl (C=O) groups excluding carboxylic acids is 1. The second kappa shape index (κ2) is 8.01. The van der Waals surface area contributed by atoms with Crippen LogP contribution in [0.15, 0.2) is 41.4 Å². The summed E-state index contributed by atoms with van der Waals surface area (Å²) in [6.07, 6.45) is 1.50. The summed E-state index contributed by atoms with van der Waals surface area (Å²) in [6.45, 7) is 7.59. The van der Waals surface area contributed by atoms with Gasteiger partial charge in [0.1, 0.15) is 11.4 Å². The van der Waals surface area contributed by atoms with Crippen molar-refractivity contribution in [3.8, 4) is 0 Å². The van der Waals surface area contributed by atoms with Crippen LogP contribution in [0.2, 0.25) is 0 Å². The molecule has 2 aromatic rings. The van der Waals surface area contributed by atoms with Crippen molar-refractivity contribution in [2.24, 2.45) is 0 Å². The maximum absolute atomic E-state index is 12.7. The van der Waals surface area contributed by atoms with Gasteiger partial charge in [0, 0.05) is 11.6 Å². The van der Waals surface area contributed by atoms with Gasteiger partial charge < -0.3 is 4.74 Å². The van der Waals surface area contributed by atoms with Crippen LogP contribution in [0.25, 0.3) is 0 Å². The molecule has 7 nitrogen and oxygen atoms in total. The minimum Gasteiger partial charge on any atom is -0.465 e. The largest absolute Gasteiger partial charge is 0.465 e. The van der Waals surface area contributed by atoms with Crippen LogP contribution in [0.5, 0.6) is 0 Å². The van der Waals surface area contributed by atoms with E-state index < -0.39 is 28.0 Å². The van der Waals surface area contributed by atoms with Crippen LogP contribution in [0.1, 0.15) is 39.0 Å². The van der Waals surface area contributed by atoms with E-state index in [0.29, 0.717) is 12.2 Å². The molecule has 0 bridgehead atoms. The fourth-order valence-electron chi connectivity index (χ4n) is 2.41. The average molecular weight is 379 g/mol. The van der Waals surface area contributed by atoms with Gasteiger partial charge in [-0.2, -0.15) is 9.82 Å². The predicted molar refractivity (Wildman–Crippen MR) is 98.3 cm³/mol. The number of rotatable bonds is 7. The Hall–Kier alpha value is -2.19. The first kappa shape index (κ1) is 20.1. The fraction of sp³-hybridized carbons (Fsp3) is 0.444. The standard InChI is InChI=1S/C18H25N3O4S/c1-5-25-16(22)11-19-26(23,24)15-13-21(20-17(15)18(2,3)4)12-14-9-7-6-8-10-14/h6-10,13,19H,5,11-12H2,1-4H3. The molecule has 0 unspecified atom stereocenters. The molecule has 0 aliphatic heterocycles. The summed E-state index contributed by atoms with van der Waals surface area (Å²) in [4.78, 5) is 11.6. The van der Waals surface area contributed by atoms with Gasteiger partial charge >= 0.3 is 5.97 Å². The molecule has 0 radical (unpaired) electrons. The lowest BCUT2D eigenvalue weighted by Crippen LogP contribution is -2.32. The Bertz CT molecular complexity index is 852. The molecule has 2 rings (SSSR count). The van der Waals surface area contributed by atoms with Crippen LogP contribution in [0.3, 0.4) is 0 Å². The molecule has 142 valence electrons. The number of nitrogens with one attached hydrogen (secondary N) is 1. The SMILES string of the molecule is CCOC(=O)CNS(=O)(=O)c1cn(Cc2ccccc2)nc1C(C)(C)C. The van der Waals surface area contributed by atoms with E-state index in [1.165, 1.54) is 6.20 Å². The lowest BCUT2D eigenvalue weighted by molar-refractivity contribution is -0.141. The van der Waals surface area contributed by atoms with E-state index in [9.17, 15) is 13.2 Å². The second-order valence-corrected chi connectivity index (χ2v) is 8.64. The van der Waals surface area contributed by atoms with Crippen LogP contribution in [-0.2, 0) is 31.5 Å². The van der Waals surface area contributed by atoms with Gasteiger partial charge in [0.2, 0.25) is 10.0 Å². The first-order valence-electron chi connectivity index (χ1n) is 8.40. The van der Waals surface area contributed by atoms with Crippen LogP contribution >= 0.6 is 0 Å². The molecule has 0 saturated carbocycles. The number of ether oxygens (including phenoxy) is 1. The number of nitrogens with zero attached hydrogens (tertiary/aromatic N) is 2. The second-order valence-electron chi connectivity index (χ2n) is 6.90. The fourth-order valence-corrected chi connectivity index (χ4v) is 3.74. The summed E-state index contributed by atoms with van der Waals surface area (Å²) in [7, 11) is -3.89. The molecule has 0 aliphatic rings. The van der Waals surface area contributed by atoms with Crippen molar-refractivity contribution in [1.29, 1.82) is 0 Å². The van der Waals surface area contributed by atoms with Gasteiger partial charge in [-0.05, 0) is 12.5 Å². The number of carbonyl (C=O) groups is 1. The van der Waals surface area contributed by atoms with Gasteiger partial charge in [0.15, 0.2) is 0 Å². The number of esters is 1. The Morgan fingerprint density at radius 3 is 2.46 bits per heavy atom. The first-order valence-corrected chi connectivity index (χ1v) is 9.89. The number of benzene rings is 1. The minimum absolute atomic E-state index is 0.0743. The quantitative estimate of drug-likeness (QED) is 0.744. The Labute approximate surface area is 154 Å². The van der Waals surface area contributed by atoms with E-state index in [-0.39, 0.29) is 11.5 Å². The van der Waals surface area contributed by atoms with E-state index >= 15 is 0 Å². The lowest BCUT2D eigenvalue weighted by Gasteiger charge is -2.17. The van der Waals surface area contributed by atoms with Crippen LogP contribution in [-0.4, -0.2) is 37.3 Å².